The highest BCUT2D eigenvalue weighted by atomic mass is 16.4. The molecule has 1 aliphatic carbocycles. The second-order valence-electron chi connectivity index (χ2n) is 4.70. The minimum Gasteiger partial charge on any atom is -0.480 e. The van der Waals surface area contributed by atoms with Crippen molar-refractivity contribution in [3.05, 3.63) is 35.4 Å². The molecule has 0 unspecified atom stereocenters. The standard InChI is InChI=1S/C14H19NO2/c1-2-11-3-5-12(6-4-11)9-15(10-14(16)17)13-7-8-13/h3-6,13H,2,7-10H2,1H3,(H,16,17). The molecule has 1 aromatic carbocycles. The highest BCUT2D eigenvalue weighted by molar-refractivity contribution is 5.69. The van der Waals surface area contributed by atoms with Gasteiger partial charge in [-0.05, 0) is 30.4 Å². The molecule has 0 heterocycles. The van der Waals surface area contributed by atoms with Crippen LogP contribution in [0.25, 0.3) is 0 Å². The first-order valence-electron chi connectivity index (χ1n) is 6.22. The lowest BCUT2D eigenvalue weighted by Gasteiger charge is -2.19. The molecule has 1 aromatic rings. The Bertz CT molecular complexity index is 382. The first-order chi connectivity index (χ1) is 8.19. The summed E-state index contributed by atoms with van der Waals surface area (Å²) in [5.41, 5.74) is 2.53. The van der Waals surface area contributed by atoms with E-state index in [0.717, 1.165) is 25.8 Å². The second-order valence-corrected chi connectivity index (χ2v) is 4.70. The number of hydrogen-bond donors (Lipinski definition) is 1. The average molecular weight is 233 g/mol. The zero-order chi connectivity index (χ0) is 12.3. The molecular formula is C14H19NO2. The highest BCUT2D eigenvalue weighted by Crippen LogP contribution is 2.28. The lowest BCUT2D eigenvalue weighted by Crippen LogP contribution is -2.31. The van der Waals surface area contributed by atoms with Gasteiger partial charge in [-0.1, -0.05) is 31.2 Å². The first-order valence-corrected chi connectivity index (χ1v) is 6.22. The van der Waals surface area contributed by atoms with E-state index in [2.05, 4.69) is 36.1 Å². The lowest BCUT2D eigenvalue weighted by atomic mass is 10.1. The van der Waals surface area contributed by atoms with Gasteiger partial charge < -0.3 is 5.11 Å². The Labute approximate surface area is 102 Å². The molecule has 1 fully saturated rings. The van der Waals surface area contributed by atoms with Gasteiger partial charge in [0.15, 0.2) is 0 Å². The van der Waals surface area contributed by atoms with Crippen LogP contribution in [0.5, 0.6) is 0 Å². The highest BCUT2D eigenvalue weighted by Gasteiger charge is 2.30. The molecule has 0 radical (unpaired) electrons. The Morgan fingerprint density at radius 2 is 1.88 bits per heavy atom. The lowest BCUT2D eigenvalue weighted by molar-refractivity contribution is -0.138. The smallest absolute Gasteiger partial charge is 0.317 e. The summed E-state index contributed by atoms with van der Waals surface area (Å²) in [5, 5.41) is 8.88. The van der Waals surface area contributed by atoms with Gasteiger partial charge in [0, 0.05) is 12.6 Å². The van der Waals surface area contributed by atoms with E-state index in [0.29, 0.717) is 6.04 Å². The molecule has 0 aliphatic heterocycles. The number of aryl methyl sites for hydroxylation is 1. The maximum atomic E-state index is 10.8. The van der Waals surface area contributed by atoms with Gasteiger partial charge >= 0.3 is 5.97 Å². The number of carbonyl (C=O) groups is 1. The van der Waals surface area contributed by atoms with E-state index in [1.54, 1.807) is 0 Å². The van der Waals surface area contributed by atoms with Crippen LogP contribution in [0.2, 0.25) is 0 Å². The quantitative estimate of drug-likeness (QED) is 0.819. The van der Waals surface area contributed by atoms with E-state index < -0.39 is 5.97 Å². The van der Waals surface area contributed by atoms with Crippen molar-refractivity contribution in [3.63, 3.8) is 0 Å². The van der Waals surface area contributed by atoms with Gasteiger partial charge in [-0.3, -0.25) is 9.69 Å². The topological polar surface area (TPSA) is 40.5 Å². The summed E-state index contributed by atoms with van der Waals surface area (Å²) in [4.78, 5) is 12.8. The van der Waals surface area contributed by atoms with Crippen molar-refractivity contribution in [2.24, 2.45) is 0 Å². The Morgan fingerprint density at radius 3 is 2.35 bits per heavy atom. The Morgan fingerprint density at radius 1 is 1.29 bits per heavy atom. The van der Waals surface area contributed by atoms with Crippen molar-refractivity contribution in [2.75, 3.05) is 6.54 Å². The molecule has 3 nitrogen and oxygen atoms in total. The van der Waals surface area contributed by atoms with Crippen molar-refractivity contribution in [1.82, 2.24) is 4.90 Å². The summed E-state index contributed by atoms with van der Waals surface area (Å²) in [7, 11) is 0. The number of aliphatic carboxylic acids is 1. The predicted octanol–water partition coefficient (Wildman–Crippen LogP) is 2.30. The molecule has 0 saturated heterocycles. The summed E-state index contributed by atoms with van der Waals surface area (Å²) >= 11 is 0. The van der Waals surface area contributed by atoms with Crippen molar-refractivity contribution in [3.8, 4) is 0 Å². The maximum absolute atomic E-state index is 10.8. The van der Waals surface area contributed by atoms with Gasteiger partial charge in [0.1, 0.15) is 0 Å². The fourth-order valence-corrected chi connectivity index (χ4v) is 2.04. The van der Waals surface area contributed by atoms with Crippen LogP contribution in [0.4, 0.5) is 0 Å². The molecule has 1 aliphatic rings. The number of rotatable bonds is 6. The van der Waals surface area contributed by atoms with Crippen molar-refractivity contribution in [2.45, 2.75) is 38.8 Å². The summed E-state index contributed by atoms with van der Waals surface area (Å²) in [6, 6.07) is 8.95. The SMILES string of the molecule is CCc1ccc(CN(CC(=O)O)C2CC2)cc1. The van der Waals surface area contributed by atoms with E-state index in [1.807, 2.05) is 0 Å². The monoisotopic (exact) mass is 233 g/mol. The van der Waals surface area contributed by atoms with Crippen molar-refractivity contribution in [1.29, 1.82) is 0 Å². The third-order valence-corrected chi connectivity index (χ3v) is 3.22. The van der Waals surface area contributed by atoms with E-state index in [4.69, 9.17) is 5.11 Å². The van der Waals surface area contributed by atoms with E-state index >= 15 is 0 Å². The van der Waals surface area contributed by atoms with Crippen LogP contribution >= 0.6 is 0 Å². The molecule has 1 saturated carbocycles. The molecule has 0 atom stereocenters. The zero-order valence-corrected chi connectivity index (χ0v) is 10.2. The Kier molecular flexibility index (Phi) is 3.79. The van der Waals surface area contributed by atoms with E-state index in [-0.39, 0.29) is 6.54 Å². The van der Waals surface area contributed by atoms with Crippen LogP contribution in [-0.2, 0) is 17.8 Å². The molecule has 1 N–H and O–H groups in total. The van der Waals surface area contributed by atoms with Gasteiger partial charge in [-0.25, -0.2) is 0 Å². The second kappa shape index (κ2) is 5.32. The van der Waals surface area contributed by atoms with Gasteiger partial charge in [0.2, 0.25) is 0 Å². The fraction of sp³-hybridized carbons (Fsp3) is 0.500. The van der Waals surface area contributed by atoms with Crippen LogP contribution in [0.3, 0.4) is 0 Å². The van der Waals surface area contributed by atoms with E-state index in [1.165, 1.54) is 11.1 Å². The van der Waals surface area contributed by atoms with Gasteiger partial charge in [0.05, 0.1) is 6.54 Å². The summed E-state index contributed by atoms with van der Waals surface area (Å²) < 4.78 is 0. The minimum atomic E-state index is -0.734. The number of nitrogens with zero attached hydrogens (tertiary/aromatic N) is 1. The molecule has 92 valence electrons. The summed E-state index contributed by atoms with van der Waals surface area (Å²) in [6.07, 6.45) is 3.32. The Balaban J connectivity index is 1.98. The molecule has 17 heavy (non-hydrogen) atoms. The normalized spacial score (nSPS) is 15.2. The maximum Gasteiger partial charge on any atom is 0.317 e. The molecule has 0 spiro atoms. The molecule has 0 aromatic heterocycles. The van der Waals surface area contributed by atoms with Crippen LogP contribution in [-0.4, -0.2) is 28.6 Å². The Hall–Kier alpha value is -1.35. The number of hydrogen-bond acceptors (Lipinski definition) is 2. The number of carboxylic acids is 1. The molecule has 0 amide bonds. The van der Waals surface area contributed by atoms with Gasteiger partial charge in [-0.15, -0.1) is 0 Å². The largest absolute Gasteiger partial charge is 0.480 e. The third kappa shape index (κ3) is 3.56. The molecule has 3 heteroatoms. The number of carboxylic acid groups (broad SMARTS) is 1. The molecule has 2 rings (SSSR count). The third-order valence-electron chi connectivity index (χ3n) is 3.22. The average Bonchev–Trinajstić information content (AvgIpc) is 3.12. The van der Waals surface area contributed by atoms with E-state index in [9.17, 15) is 4.79 Å². The van der Waals surface area contributed by atoms with Crippen LogP contribution < -0.4 is 0 Å². The van der Waals surface area contributed by atoms with Crippen LogP contribution in [0, 0.1) is 0 Å². The van der Waals surface area contributed by atoms with Crippen LogP contribution in [0.1, 0.15) is 30.9 Å². The fourth-order valence-electron chi connectivity index (χ4n) is 2.04. The van der Waals surface area contributed by atoms with Crippen molar-refractivity contribution < 1.29 is 9.90 Å². The number of benzene rings is 1. The summed E-state index contributed by atoms with van der Waals surface area (Å²) in [5.74, 6) is -0.734. The van der Waals surface area contributed by atoms with Gasteiger partial charge in [-0.2, -0.15) is 0 Å². The van der Waals surface area contributed by atoms with Crippen molar-refractivity contribution >= 4 is 5.97 Å². The molecule has 0 bridgehead atoms. The molecular weight excluding hydrogens is 214 g/mol. The minimum absolute atomic E-state index is 0.153. The van der Waals surface area contributed by atoms with Crippen LogP contribution in [0.15, 0.2) is 24.3 Å². The summed E-state index contributed by atoms with van der Waals surface area (Å²) in [6.45, 7) is 3.04. The zero-order valence-electron chi connectivity index (χ0n) is 10.2. The van der Waals surface area contributed by atoms with Gasteiger partial charge in [0.25, 0.3) is 0 Å². The first kappa shape index (κ1) is 12.1. The predicted molar refractivity (Wildman–Crippen MR) is 66.9 cm³/mol.